The molecule has 1 N–H and O–H groups in total. The minimum atomic E-state index is 0.781. The zero-order valence-electron chi connectivity index (χ0n) is 9.34. The van der Waals surface area contributed by atoms with Gasteiger partial charge in [-0.25, -0.2) is 9.97 Å². The third-order valence-electron chi connectivity index (χ3n) is 2.21. The van der Waals surface area contributed by atoms with E-state index in [9.17, 15) is 0 Å². The van der Waals surface area contributed by atoms with Crippen LogP contribution in [0.25, 0.3) is 10.7 Å². The molecule has 84 valence electrons. The topological polar surface area (TPSA) is 37.8 Å². The van der Waals surface area contributed by atoms with E-state index in [1.165, 1.54) is 4.88 Å². The minimum Gasteiger partial charge on any atom is -0.372 e. The van der Waals surface area contributed by atoms with Crippen LogP contribution in [-0.4, -0.2) is 17.0 Å². The van der Waals surface area contributed by atoms with Crippen molar-refractivity contribution in [3.8, 4) is 10.7 Å². The van der Waals surface area contributed by atoms with Crippen molar-refractivity contribution in [3.05, 3.63) is 27.2 Å². The molecule has 0 aliphatic rings. The monoisotopic (exact) mass is 297 g/mol. The lowest BCUT2D eigenvalue weighted by molar-refractivity contribution is 1.10. The Morgan fingerprint density at radius 2 is 2.00 bits per heavy atom. The zero-order chi connectivity index (χ0) is 11.7. The molecule has 2 rings (SSSR count). The fraction of sp³-hybridized carbons (Fsp3) is 0.273. The second-order valence-corrected chi connectivity index (χ2v) is 5.54. The fourth-order valence-electron chi connectivity index (χ4n) is 1.39. The molecule has 2 aromatic heterocycles. The second-order valence-electron chi connectivity index (χ2n) is 3.46. The second kappa shape index (κ2) is 4.51. The van der Waals surface area contributed by atoms with Crippen molar-refractivity contribution in [1.82, 2.24) is 9.97 Å². The first-order valence-electron chi connectivity index (χ1n) is 4.90. The van der Waals surface area contributed by atoms with E-state index in [0.29, 0.717) is 0 Å². The Labute approximate surface area is 107 Å². The Hall–Kier alpha value is -0.940. The number of halogens is 1. The Bertz CT molecular complexity index is 522. The Morgan fingerprint density at radius 3 is 2.56 bits per heavy atom. The summed E-state index contributed by atoms with van der Waals surface area (Å²) in [6.45, 7) is 4.05. The molecular formula is C11H12BrN3S. The highest BCUT2D eigenvalue weighted by atomic mass is 79.9. The molecule has 0 aromatic carbocycles. The van der Waals surface area contributed by atoms with Crippen LogP contribution >= 0.6 is 27.3 Å². The molecule has 0 saturated carbocycles. The number of rotatable bonds is 2. The van der Waals surface area contributed by atoms with Crippen molar-refractivity contribution in [3.63, 3.8) is 0 Å². The molecule has 0 saturated heterocycles. The van der Waals surface area contributed by atoms with E-state index < -0.39 is 0 Å². The molecule has 0 fully saturated rings. The molecule has 2 aromatic rings. The van der Waals surface area contributed by atoms with Crippen LogP contribution in [0.4, 0.5) is 5.82 Å². The number of anilines is 1. The van der Waals surface area contributed by atoms with Crippen LogP contribution in [0, 0.1) is 13.8 Å². The molecule has 0 amide bonds. The average molecular weight is 298 g/mol. The summed E-state index contributed by atoms with van der Waals surface area (Å²) in [6.07, 6.45) is 0. The molecular weight excluding hydrogens is 286 g/mol. The fourth-order valence-corrected chi connectivity index (χ4v) is 2.57. The van der Waals surface area contributed by atoms with Crippen LogP contribution in [-0.2, 0) is 0 Å². The number of hydrogen-bond acceptors (Lipinski definition) is 4. The standard InChI is InChI=1S/C11H12BrN3S/c1-6-4-5-8(16-6)10-14-7(2)9(12)11(13-3)15-10/h4-5H,1-3H3,(H,13,14,15). The zero-order valence-corrected chi connectivity index (χ0v) is 11.7. The lowest BCUT2D eigenvalue weighted by Gasteiger charge is -2.07. The van der Waals surface area contributed by atoms with E-state index in [4.69, 9.17) is 0 Å². The highest BCUT2D eigenvalue weighted by Crippen LogP contribution is 2.29. The number of nitrogens with zero attached hydrogens (tertiary/aromatic N) is 2. The van der Waals surface area contributed by atoms with E-state index in [-0.39, 0.29) is 0 Å². The Kier molecular flexibility index (Phi) is 3.25. The van der Waals surface area contributed by atoms with Gasteiger partial charge < -0.3 is 5.32 Å². The van der Waals surface area contributed by atoms with Crippen LogP contribution in [0.2, 0.25) is 0 Å². The average Bonchev–Trinajstić information content (AvgIpc) is 2.69. The maximum absolute atomic E-state index is 4.48. The molecule has 16 heavy (non-hydrogen) atoms. The van der Waals surface area contributed by atoms with Crippen LogP contribution in [0.3, 0.4) is 0 Å². The third kappa shape index (κ3) is 2.10. The molecule has 5 heteroatoms. The molecule has 0 bridgehead atoms. The van der Waals surface area contributed by atoms with Gasteiger partial charge in [0.15, 0.2) is 5.82 Å². The summed E-state index contributed by atoms with van der Waals surface area (Å²) in [7, 11) is 1.86. The van der Waals surface area contributed by atoms with Gasteiger partial charge in [-0.05, 0) is 41.9 Å². The van der Waals surface area contributed by atoms with Crippen LogP contribution in [0.1, 0.15) is 10.6 Å². The lowest BCUT2D eigenvalue weighted by atomic mass is 10.3. The largest absolute Gasteiger partial charge is 0.372 e. The Morgan fingerprint density at radius 1 is 1.25 bits per heavy atom. The number of aryl methyl sites for hydroxylation is 2. The van der Waals surface area contributed by atoms with E-state index in [2.05, 4.69) is 50.3 Å². The lowest BCUT2D eigenvalue weighted by Crippen LogP contribution is -1.99. The van der Waals surface area contributed by atoms with Gasteiger partial charge in [0.1, 0.15) is 5.82 Å². The predicted molar refractivity (Wildman–Crippen MR) is 72.1 cm³/mol. The molecule has 0 aliphatic heterocycles. The maximum Gasteiger partial charge on any atom is 0.171 e. The van der Waals surface area contributed by atoms with Crippen LogP contribution < -0.4 is 5.32 Å². The molecule has 2 heterocycles. The highest BCUT2D eigenvalue weighted by Gasteiger charge is 2.10. The molecule has 0 atom stereocenters. The number of thiophene rings is 1. The first kappa shape index (κ1) is 11.5. The van der Waals surface area contributed by atoms with E-state index >= 15 is 0 Å². The highest BCUT2D eigenvalue weighted by molar-refractivity contribution is 9.10. The van der Waals surface area contributed by atoms with Crippen molar-refractivity contribution in [1.29, 1.82) is 0 Å². The number of hydrogen-bond donors (Lipinski definition) is 1. The summed E-state index contributed by atoms with van der Waals surface area (Å²) in [4.78, 5) is 11.3. The number of aromatic nitrogens is 2. The van der Waals surface area contributed by atoms with Crippen molar-refractivity contribution < 1.29 is 0 Å². The summed E-state index contributed by atoms with van der Waals surface area (Å²) in [6, 6.07) is 4.14. The quantitative estimate of drug-likeness (QED) is 0.920. The molecule has 0 spiro atoms. The Balaban J connectivity index is 2.54. The first-order valence-corrected chi connectivity index (χ1v) is 6.51. The van der Waals surface area contributed by atoms with E-state index in [1.54, 1.807) is 11.3 Å². The van der Waals surface area contributed by atoms with Gasteiger partial charge in [-0.15, -0.1) is 11.3 Å². The van der Waals surface area contributed by atoms with Crippen LogP contribution in [0.5, 0.6) is 0 Å². The molecule has 0 aliphatic carbocycles. The van der Waals surface area contributed by atoms with Crippen LogP contribution in [0.15, 0.2) is 16.6 Å². The van der Waals surface area contributed by atoms with Gasteiger partial charge in [0.05, 0.1) is 15.0 Å². The minimum absolute atomic E-state index is 0.781. The van der Waals surface area contributed by atoms with Gasteiger partial charge >= 0.3 is 0 Å². The van der Waals surface area contributed by atoms with Gasteiger partial charge in [0, 0.05) is 11.9 Å². The summed E-state index contributed by atoms with van der Waals surface area (Å²) in [5.74, 6) is 1.61. The molecule has 3 nitrogen and oxygen atoms in total. The first-order chi connectivity index (χ1) is 7.61. The normalized spacial score (nSPS) is 10.5. The van der Waals surface area contributed by atoms with Gasteiger partial charge in [0.2, 0.25) is 0 Å². The van der Waals surface area contributed by atoms with E-state index in [0.717, 1.165) is 26.7 Å². The number of nitrogens with one attached hydrogen (secondary N) is 1. The summed E-state index contributed by atoms with van der Waals surface area (Å²) in [5.41, 5.74) is 0.945. The van der Waals surface area contributed by atoms with Gasteiger partial charge in [0.25, 0.3) is 0 Å². The molecule has 0 radical (unpaired) electrons. The third-order valence-corrected chi connectivity index (χ3v) is 4.16. The summed E-state index contributed by atoms with van der Waals surface area (Å²) < 4.78 is 0.923. The van der Waals surface area contributed by atoms with Crippen molar-refractivity contribution >= 4 is 33.1 Å². The van der Waals surface area contributed by atoms with Crippen molar-refractivity contribution in [2.24, 2.45) is 0 Å². The SMILES string of the molecule is CNc1nc(-c2ccc(C)s2)nc(C)c1Br. The van der Waals surface area contributed by atoms with Crippen molar-refractivity contribution in [2.75, 3.05) is 12.4 Å². The van der Waals surface area contributed by atoms with Gasteiger partial charge in [-0.2, -0.15) is 0 Å². The maximum atomic E-state index is 4.48. The van der Waals surface area contributed by atoms with Crippen molar-refractivity contribution in [2.45, 2.75) is 13.8 Å². The van der Waals surface area contributed by atoms with E-state index in [1.807, 2.05) is 14.0 Å². The van der Waals surface area contributed by atoms with Gasteiger partial charge in [-0.3, -0.25) is 0 Å². The smallest absolute Gasteiger partial charge is 0.171 e. The van der Waals surface area contributed by atoms with Gasteiger partial charge in [-0.1, -0.05) is 0 Å². The summed E-state index contributed by atoms with van der Waals surface area (Å²) in [5, 5.41) is 3.06. The molecule has 0 unspecified atom stereocenters. The predicted octanol–water partition coefficient (Wildman–Crippen LogP) is 3.63. The summed E-state index contributed by atoms with van der Waals surface area (Å²) >= 11 is 5.17.